The molecule has 3 aromatic carbocycles. The SMILES string of the molecule is CO[C@@H]1[C@@H](OC(N)O)[C@@H](O)[C@H](Oc2ccc3c(O)c(NC(=O)c4cccc(Oc5cccc(Cl)c5)c4)c(=O)oc3c2C)OC1(C)C. The van der Waals surface area contributed by atoms with Gasteiger partial charge in [-0.3, -0.25) is 10.5 Å². The van der Waals surface area contributed by atoms with E-state index in [9.17, 15) is 24.9 Å². The second-order valence-electron chi connectivity index (χ2n) is 11.1. The van der Waals surface area contributed by atoms with Gasteiger partial charge in [0.2, 0.25) is 12.7 Å². The molecule has 0 spiro atoms. The number of methoxy groups -OCH3 is 1. The first kappa shape index (κ1) is 33.2. The highest BCUT2D eigenvalue weighted by Gasteiger charge is 2.52. The number of carbonyl (C=O) groups is 1. The summed E-state index contributed by atoms with van der Waals surface area (Å²) in [6.45, 7) is 4.94. The number of amides is 1. The molecule has 2 heterocycles. The first-order valence-electron chi connectivity index (χ1n) is 14.1. The Morgan fingerprint density at radius 1 is 1.11 bits per heavy atom. The van der Waals surface area contributed by atoms with Crippen LogP contribution >= 0.6 is 11.6 Å². The number of benzene rings is 3. The maximum Gasteiger partial charge on any atom is 0.364 e. The van der Waals surface area contributed by atoms with Gasteiger partial charge >= 0.3 is 5.63 Å². The third-order valence-corrected chi connectivity index (χ3v) is 7.66. The molecule has 0 saturated carbocycles. The van der Waals surface area contributed by atoms with Gasteiger partial charge in [0.1, 0.15) is 41.1 Å². The zero-order chi connectivity index (χ0) is 33.3. The Labute approximate surface area is 268 Å². The van der Waals surface area contributed by atoms with Crippen LogP contribution in [0.4, 0.5) is 5.69 Å². The zero-order valence-electron chi connectivity index (χ0n) is 25.2. The maximum absolute atomic E-state index is 13.1. The summed E-state index contributed by atoms with van der Waals surface area (Å²) in [5.41, 5.74) is 3.26. The van der Waals surface area contributed by atoms with E-state index in [1.54, 1.807) is 57.2 Å². The van der Waals surface area contributed by atoms with E-state index >= 15 is 0 Å². The van der Waals surface area contributed by atoms with Crippen LogP contribution in [0.25, 0.3) is 11.0 Å². The van der Waals surface area contributed by atoms with Gasteiger partial charge in [-0.05, 0) is 69.3 Å². The van der Waals surface area contributed by atoms with E-state index in [1.165, 1.54) is 31.4 Å². The Morgan fingerprint density at radius 3 is 2.48 bits per heavy atom. The number of ether oxygens (including phenoxy) is 5. The summed E-state index contributed by atoms with van der Waals surface area (Å²) >= 11 is 6.01. The second kappa shape index (κ2) is 13.3. The fourth-order valence-corrected chi connectivity index (χ4v) is 5.45. The summed E-state index contributed by atoms with van der Waals surface area (Å²) in [7, 11) is 1.40. The Hall–Kier alpha value is -4.21. The number of aryl methyl sites for hydroxylation is 1. The van der Waals surface area contributed by atoms with Crippen LogP contribution in [-0.4, -0.2) is 65.0 Å². The minimum Gasteiger partial charge on any atom is -0.505 e. The first-order chi connectivity index (χ1) is 21.8. The van der Waals surface area contributed by atoms with Gasteiger partial charge in [0.25, 0.3) is 5.91 Å². The molecule has 1 amide bonds. The van der Waals surface area contributed by atoms with Crippen LogP contribution in [-0.2, 0) is 14.2 Å². The van der Waals surface area contributed by atoms with Crippen molar-refractivity contribution in [1.82, 2.24) is 0 Å². The summed E-state index contributed by atoms with van der Waals surface area (Å²) in [6.07, 6.45) is -6.43. The van der Waals surface area contributed by atoms with Crippen molar-refractivity contribution < 1.29 is 48.2 Å². The van der Waals surface area contributed by atoms with E-state index in [0.717, 1.165) is 0 Å². The molecule has 0 radical (unpaired) electrons. The van der Waals surface area contributed by atoms with Crippen LogP contribution in [0.2, 0.25) is 5.02 Å². The number of halogens is 1. The first-order valence-corrected chi connectivity index (χ1v) is 14.5. The summed E-state index contributed by atoms with van der Waals surface area (Å²) < 4.78 is 34.0. The molecule has 4 aromatic rings. The minimum atomic E-state index is -1.70. The number of hydrogen-bond donors (Lipinski definition) is 5. The van der Waals surface area contributed by atoms with Crippen molar-refractivity contribution in [1.29, 1.82) is 0 Å². The van der Waals surface area contributed by atoms with Crippen molar-refractivity contribution in [3.8, 4) is 23.0 Å². The van der Waals surface area contributed by atoms with Crippen LogP contribution in [0, 0.1) is 6.92 Å². The van der Waals surface area contributed by atoms with E-state index in [2.05, 4.69) is 5.32 Å². The number of carbonyl (C=O) groups excluding carboxylic acids is 1. The molecular formula is C32H33ClN2O11. The molecule has 1 unspecified atom stereocenters. The maximum atomic E-state index is 13.1. The number of aliphatic hydroxyl groups is 2. The Bertz CT molecular complexity index is 1810. The molecule has 1 fully saturated rings. The molecule has 1 aromatic heterocycles. The molecule has 46 heavy (non-hydrogen) atoms. The summed E-state index contributed by atoms with van der Waals surface area (Å²) in [5, 5.41) is 34.7. The Morgan fingerprint density at radius 2 is 1.80 bits per heavy atom. The highest BCUT2D eigenvalue weighted by molar-refractivity contribution is 6.30. The molecule has 14 heteroatoms. The highest BCUT2D eigenvalue weighted by Crippen LogP contribution is 2.38. The summed E-state index contributed by atoms with van der Waals surface area (Å²) in [5.74, 6) is -0.269. The molecule has 5 atom stereocenters. The van der Waals surface area contributed by atoms with Crippen molar-refractivity contribution in [3.05, 3.63) is 87.2 Å². The smallest absolute Gasteiger partial charge is 0.364 e. The van der Waals surface area contributed by atoms with Crippen LogP contribution in [0.3, 0.4) is 0 Å². The van der Waals surface area contributed by atoms with Crippen molar-refractivity contribution in [2.45, 2.75) is 57.4 Å². The largest absolute Gasteiger partial charge is 0.505 e. The quantitative estimate of drug-likeness (QED) is 0.129. The van der Waals surface area contributed by atoms with Gasteiger partial charge < -0.3 is 48.7 Å². The van der Waals surface area contributed by atoms with E-state index in [4.69, 9.17) is 45.4 Å². The average molecular weight is 657 g/mol. The standard InChI is InChI=1S/C32H33ClN2O11/c1-15-21(43-30-24(37)26(45-31(34)40)27(41-4)32(2,3)46-30)12-11-20-23(36)22(29(39)44-25(15)20)35-28(38)16-7-5-9-18(13-16)42-19-10-6-8-17(33)14-19/h5-14,24,26-27,30-31,36-37,40H,34H2,1-4H3,(H,35,38)/t24-,26+,27-,30-,31?/m1/s1. The van der Waals surface area contributed by atoms with Gasteiger partial charge in [-0.15, -0.1) is 0 Å². The predicted octanol–water partition coefficient (Wildman–Crippen LogP) is 4.01. The van der Waals surface area contributed by atoms with Gasteiger partial charge in [0, 0.05) is 23.3 Å². The predicted molar refractivity (Wildman–Crippen MR) is 166 cm³/mol. The number of anilines is 1. The van der Waals surface area contributed by atoms with Crippen molar-refractivity contribution >= 4 is 34.2 Å². The molecule has 5 rings (SSSR count). The Balaban J connectivity index is 1.39. The summed E-state index contributed by atoms with van der Waals surface area (Å²) in [6, 6.07) is 15.8. The number of nitrogens with one attached hydrogen (secondary N) is 1. The van der Waals surface area contributed by atoms with Crippen molar-refractivity contribution in [2.24, 2.45) is 5.73 Å². The molecule has 6 N–H and O–H groups in total. The van der Waals surface area contributed by atoms with E-state index in [-0.39, 0.29) is 27.8 Å². The zero-order valence-corrected chi connectivity index (χ0v) is 26.0. The average Bonchev–Trinajstić information content (AvgIpc) is 2.99. The monoisotopic (exact) mass is 656 g/mol. The normalized spacial score (nSPS) is 21.5. The van der Waals surface area contributed by atoms with Crippen molar-refractivity contribution in [3.63, 3.8) is 0 Å². The van der Waals surface area contributed by atoms with Gasteiger partial charge in [0.05, 0.1) is 11.0 Å². The summed E-state index contributed by atoms with van der Waals surface area (Å²) in [4.78, 5) is 26.1. The molecule has 1 aliphatic heterocycles. The number of aromatic hydroxyl groups is 1. The van der Waals surface area contributed by atoms with Gasteiger partial charge in [-0.2, -0.15) is 0 Å². The number of fused-ring (bicyclic) bond motifs is 1. The van der Waals surface area contributed by atoms with Crippen LogP contribution in [0.5, 0.6) is 23.0 Å². The lowest BCUT2D eigenvalue weighted by Gasteiger charge is -2.48. The molecule has 1 saturated heterocycles. The third-order valence-electron chi connectivity index (χ3n) is 7.43. The highest BCUT2D eigenvalue weighted by atomic mass is 35.5. The molecule has 1 aliphatic rings. The van der Waals surface area contributed by atoms with E-state index in [0.29, 0.717) is 16.5 Å². The number of rotatable bonds is 9. The molecule has 13 nitrogen and oxygen atoms in total. The number of hydrogen-bond acceptors (Lipinski definition) is 12. The number of nitrogens with two attached hydrogens (primary N) is 1. The van der Waals surface area contributed by atoms with Gasteiger partial charge in [-0.1, -0.05) is 23.7 Å². The van der Waals surface area contributed by atoms with E-state index < -0.39 is 59.6 Å². The van der Waals surface area contributed by atoms with Crippen LogP contribution in [0.15, 0.2) is 69.9 Å². The lowest BCUT2D eigenvalue weighted by atomic mass is 9.89. The fraction of sp³-hybridized carbons (Fsp3) is 0.312. The minimum absolute atomic E-state index is 0.0283. The second-order valence-corrected chi connectivity index (χ2v) is 11.5. The van der Waals surface area contributed by atoms with Crippen LogP contribution < -0.4 is 26.1 Å². The van der Waals surface area contributed by atoms with Gasteiger partial charge in [-0.25, -0.2) is 4.79 Å². The third kappa shape index (κ3) is 6.81. The van der Waals surface area contributed by atoms with E-state index in [1.807, 2.05) is 0 Å². The molecular weight excluding hydrogens is 624 g/mol. The Kier molecular flexibility index (Phi) is 9.56. The lowest BCUT2D eigenvalue weighted by Crippen LogP contribution is -2.65. The molecule has 244 valence electrons. The fourth-order valence-electron chi connectivity index (χ4n) is 5.27. The number of aliphatic hydroxyl groups excluding tert-OH is 2. The molecule has 0 aliphatic carbocycles. The topological polar surface area (TPSA) is 192 Å². The van der Waals surface area contributed by atoms with Gasteiger partial charge in [0.15, 0.2) is 11.4 Å². The molecule has 0 bridgehead atoms. The lowest BCUT2D eigenvalue weighted by molar-refractivity contribution is -0.329. The van der Waals surface area contributed by atoms with Crippen molar-refractivity contribution in [2.75, 3.05) is 12.4 Å². The van der Waals surface area contributed by atoms with Crippen LogP contribution in [0.1, 0.15) is 29.8 Å².